The number of nitrogens with zero attached hydrogens (tertiary/aromatic N) is 1. The number of ether oxygens (including phenoxy) is 3. The van der Waals surface area contributed by atoms with Gasteiger partial charge >= 0.3 is 6.03 Å². The Morgan fingerprint density at radius 2 is 1.56 bits per heavy atom. The number of benzene rings is 4. The predicted molar refractivity (Wildman–Crippen MR) is 168 cm³/mol. The number of barbiturate groups is 1. The number of hydrogen-bond acceptors (Lipinski definition) is 6. The molecule has 0 unspecified atom stereocenters. The van der Waals surface area contributed by atoms with Crippen molar-refractivity contribution >= 4 is 68.7 Å². The van der Waals surface area contributed by atoms with Crippen molar-refractivity contribution in [1.29, 1.82) is 0 Å². The average molecular weight is 682 g/mol. The molecular weight excluding hydrogens is 659 g/mol. The zero-order valence-electron chi connectivity index (χ0n) is 22.6. The summed E-state index contributed by atoms with van der Waals surface area (Å²) in [6.07, 6.45) is 1.38. The van der Waals surface area contributed by atoms with Crippen LogP contribution in [0.25, 0.3) is 6.08 Å². The van der Waals surface area contributed by atoms with Gasteiger partial charge in [-0.3, -0.25) is 14.9 Å². The van der Waals surface area contributed by atoms with E-state index in [4.69, 9.17) is 37.4 Å². The number of carbonyl (C=O) groups excluding carboxylic acids is 3. The molecule has 0 spiro atoms. The molecule has 4 aromatic rings. The highest BCUT2D eigenvalue weighted by Crippen LogP contribution is 2.38. The zero-order valence-corrected chi connectivity index (χ0v) is 25.7. The summed E-state index contributed by atoms with van der Waals surface area (Å²) >= 11 is 15.5. The summed E-state index contributed by atoms with van der Waals surface area (Å²) in [5.41, 5.74) is 2.30. The van der Waals surface area contributed by atoms with E-state index in [2.05, 4.69) is 21.2 Å². The number of methoxy groups -OCH3 is 1. The van der Waals surface area contributed by atoms with Crippen molar-refractivity contribution in [3.8, 4) is 17.2 Å². The molecule has 1 heterocycles. The van der Waals surface area contributed by atoms with E-state index < -0.39 is 17.8 Å². The van der Waals surface area contributed by atoms with Gasteiger partial charge in [-0.15, -0.1) is 0 Å². The van der Waals surface area contributed by atoms with E-state index in [-0.39, 0.29) is 17.9 Å². The highest BCUT2D eigenvalue weighted by molar-refractivity contribution is 9.10. The van der Waals surface area contributed by atoms with Crippen molar-refractivity contribution < 1.29 is 28.6 Å². The molecule has 8 nitrogen and oxygen atoms in total. The number of urea groups is 1. The largest absolute Gasteiger partial charge is 0.493 e. The van der Waals surface area contributed by atoms with Crippen molar-refractivity contribution in [2.45, 2.75) is 13.2 Å². The molecule has 4 aromatic carbocycles. The normalized spacial score (nSPS) is 14.1. The molecule has 0 bridgehead atoms. The summed E-state index contributed by atoms with van der Waals surface area (Å²) in [5, 5.41) is 3.46. The number of hydrogen-bond donors (Lipinski definition) is 1. The Morgan fingerprint density at radius 3 is 2.26 bits per heavy atom. The minimum atomic E-state index is -0.856. The van der Waals surface area contributed by atoms with Crippen LogP contribution in [0.1, 0.15) is 16.7 Å². The Kier molecular flexibility index (Phi) is 9.35. The van der Waals surface area contributed by atoms with E-state index in [9.17, 15) is 14.4 Å². The summed E-state index contributed by atoms with van der Waals surface area (Å²) in [5.74, 6) is -0.260. The lowest BCUT2D eigenvalue weighted by Gasteiger charge is -2.26. The van der Waals surface area contributed by atoms with Gasteiger partial charge in [0.25, 0.3) is 11.8 Å². The molecule has 0 saturated carbocycles. The fraction of sp³-hybridized carbons (Fsp3) is 0.0938. The summed E-state index contributed by atoms with van der Waals surface area (Å²) in [7, 11) is 1.48. The Balaban J connectivity index is 1.34. The summed E-state index contributed by atoms with van der Waals surface area (Å²) < 4.78 is 17.8. The van der Waals surface area contributed by atoms with E-state index in [0.717, 1.165) is 16.0 Å². The van der Waals surface area contributed by atoms with Crippen LogP contribution in [-0.4, -0.2) is 25.0 Å². The Bertz CT molecular complexity index is 1730. The Hall–Kier alpha value is -4.31. The van der Waals surface area contributed by atoms with E-state index in [1.807, 2.05) is 24.3 Å². The summed E-state index contributed by atoms with van der Waals surface area (Å²) in [4.78, 5) is 39.7. The molecule has 11 heteroatoms. The molecule has 1 aliphatic heterocycles. The molecular formula is C32H23BrCl2N2O6. The van der Waals surface area contributed by atoms with Crippen molar-refractivity contribution in [1.82, 2.24) is 5.32 Å². The molecule has 0 atom stereocenters. The standard InChI is InChI=1S/C32H23BrCl2N2O6/c1-41-28-16-21(15-27(33)29(28)43-18-20-3-2-4-23(35)13-20)14-26-30(38)36-32(40)37(31(26)39)24-9-11-25(12-10-24)42-17-19-5-7-22(34)8-6-19/h2-16H,17-18H2,1H3,(H,36,38,40)/b26-14+. The molecule has 43 heavy (non-hydrogen) atoms. The molecule has 1 fully saturated rings. The van der Waals surface area contributed by atoms with Gasteiger partial charge in [0.1, 0.15) is 24.5 Å². The van der Waals surface area contributed by atoms with Gasteiger partial charge in [0.15, 0.2) is 11.5 Å². The third kappa shape index (κ3) is 7.19. The molecule has 1 aliphatic rings. The Morgan fingerprint density at radius 1 is 0.837 bits per heavy atom. The van der Waals surface area contributed by atoms with Crippen LogP contribution in [-0.2, 0) is 22.8 Å². The maximum absolute atomic E-state index is 13.4. The molecule has 4 amide bonds. The van der Waals surface area contributed by atoms with Crippen molar-refractivity contribution in [2.24, 2.45) is 0 Å². The SMILES string of the molecule is COc1cc(/C=C2\C(=O)NC(=O)N(c3ccc(OCc4ccc(Cl)cc4)cc3)C2=O)cc(Br)c1OCc1cccc(Cl)c1. The number of imide groups is 2. The number of anilines is 1. The van der Waals surface area contributed by atoms with Crippen LogP contribution in [0.2, 0.25) is 10.0 Å². The van der Waals surface area contributed by atoms with Crippen LogP contribution >= 0.6 is 39.1 Å². The topological polar surface area (TPSA) is 94.2 Å². The molecule has 0 radical (unpaired) electrons. The van der Waals surface area contributed by atoms with Crippen LogP contribution in [0, 0.1) is 0 Å². The first-order chi connectivity index (χ1) is 20.7. The third-order valence-electron chi connectivity index (χ3n) is 6.35. The monoisotopic (exact) mass is 680 g/mol. The average Bonchev–Trinajstić information content (AvgIpc) is 2.99. The molecule has 0 aromatic heterocycles. The van der Waals surface area contributed by atoms with E-state index >= 15 is 0 Å². The van der Waals surface area contributed by atoms with E-state index in [1.54, 1.807) is 60.7 Å². The second-order valence-electron chi connectivity index (χ2n) is 9.32. The van der Waals surface area contributed by atoms with Crippen LogP contribution in [0.4, 0.5) is 10.5 Å². The molecule has 5 rings (SSSR count). The lowest BCUT2D eigenvalue weighted by Crippen LogP contribution is -2.54. The summed E-state index contributed by atoms with van der Waals surface area (Å²) in [6.45, 7) is 0.545. The number of nitrogens with one attached hydrogen (secondary N) is 1. The lowest BCUT2D eigenvalue weighted by molar-refractivity contribution is -0.122. The predicted octanol–water partition coefficient (Wildman–Crippen LogP) is 7.59. The zero-order chi connectivity index (χ0) is 30.5. The van der Waals surface area contributed by atoms with Crippen LogP contribution in [0.5, 0.6) is 17.2 Å². The van der Waals surface area contributed by atoms with E-state index in [0.29, 0.717) is 43.9 Å². The van der Waals surface area contributed by atoms with Gasteiger partial charge in [-0.1, -0.05) is 47.5 Å². The first-order valence-corrected chi connectivity index (χ1v) is 14.4. The second kappa shape index (κ2) is 13.3. The van der Waals surface area contributed by atoms with Gasteiger partial charge in [-0.25, -0.2) is 9.69 Å². The van der Waals surface area contributed by atoms with Crippen molar-refractivity contribution in [2.75, 3.05) is 12.0 Å². The quantitative estimate of drug-likeness (QED) is 0.145. The minimum Gasteiger partial charge on any atom is -0.493 e. The lowest BCUT2D eigenvalue weighted by atomic mass is 10.1. The number of rotatable bonds is 9. The fourth-order valence-corrected chi connectivity index (χ4v) is 5.16. The van der Waals surface area contributed by atoms with Gasteiger partial charge in [0, 0.05) is 10.0 Å². The smallest absolute Gasteiger partial charge is 0.335 e. The van der Waals surface area contributed by atoms with Gasteiger partial charge in [0.2, 0.25) is 0 Å². The summed E-state index contributed by atoms with van der Waals surface area (Å²) in [6, 6.07) is 23.4. The van der Waals surface area contributed by atoms with Gasteiger partial charge < -0.3 is 14.2 Å². The Labute approximate surface area is 265 Å². The van der Waals surface area contributed by atoms with Crippen LogP contribution in [0.3, 0.4) is 0 Å². The second-order valence-corrected chi connectivity index (χ2v) is 11.0. The van der Waals surface area contributed by atoms with Crippen LogP contribution in [0.15, 0.2) is 95.0 Å². The fourth-order valence-electron chi connectivity index (χ4n) is 4.24. The van der Waals surface area contributed by atoms with E-state index in [1.165, 1.54) is 13.2 Å². The third-order valence-corrected chi connectivity index (χ3v) is 7.43. The number of carbonyl (C=O) groups is 3. The molecule has 218 valence electrons. The molecule has 1 N–H and O–H groups in total. The van der Waals surface area contributed by atoms with Crippen molar-refractivity contribution in [3.63, 3.8) is 0 Å². The van der Waals surface area contributed by atoms with Crippen molar-refractivity contribution in [3.05, 3.63) is 122 Å². The van der Waals surface area contributed by atoms with Crippen LogP contribution < -0.4 is 24.4 Å². The maximum Gasteiger partial charge on any atom is 0.335 e. The number of amides is 4. The first kappa shape index (κ1) is 30.2. The highest BCUT2D eigenvalue weighted by atomic mass is 79.9. The van der Waals surface area contributed by atoms with Gasteiger partial charge in [0.05, 0.1) is 17.3 Å². The molecule has 0 aliphatic carbocycles. The molecule has 1 saturated heterocycles. The number of halogens is 3. The maximum atomic E-state index is 13.4. The minimum absolute atomic E-state index is 0.232. The van der Waals surface area contributed by atoms with Gasteiger partial charge in [-0.05, 0) is 99.4 Å². The highest BCUT2D eigenvalue weighted by Gasteiger charge is 2.37. The van der Waals surface area contributed by atoms with Gasteiger partial charge in [-0.2, -0.15) is 0 Å². The first-order valence-electron chi connectivity index (χ1n) is 12.9.